The number of ketones is 1. The van der Waals surface area contributed by atoms with Gasteiger partial charge >= 0.3 is 0 Å². The van der Waals surface area contributed by atoms with Crippen molar-refractivity contribution in [3.63, 3.8) is 0 Å². The third kappa shape index (κ3) is 7.83. The molecule has 0 spiro atoms. The van der Waals surface area contributed by atoms with Crippen molar-refractivity contribution in [2.45, 2.75) is 46.5 Å². The number of para-hydroxylation sites is 1. The molecule has 0 unspecified atom stereocenters. The average molecular weight is 561 g/mol. The lowest BCUT2D eigenvalue weighted by molar-refractivity contribution is -0.118. The van der Waals surface area contributed by atoms with Crippen molar-refractivity contribution in [3.05, 3.63) is 75.2 Å². The number of amides is 1. The summed E-state index contributed by atoms with van der Waals surface area (Å²) in [6.45, 7) is -0.389. The minimum Gasteiger partial charge on any atom is -0.493 e. The van der Waals surface area contributed by atoms with Gasteiger partial charge in [0.2, 0.25) is 5.91 Å². The molecule has 2 aromatic carbocycles. The first-order chi connectivity index (χ1) is 20.9. The van der Waals surface area contributed by atoms with Gasteiger partial charge in [0.15, 0.2) is 5.78 Å². The van der Waals surface area contributed by atoms with E-state index in [-0.39, 0.29) is 36.4 Å². The molecule has 39 heavy (non-hydrogen) atoms. The van der Waals surface area contributed by atoms with E-state index in [1.165, 1.54) is 9.36 Å². The van der Waals surface area contributed by atoms with Crippen LogP contribution in [0.3, 0.4) is 0 Å². The van der Waals surface area contributed by atoms with Crippen LogP contribution in [0.4, 0.5) is 5.69 Å². The number of halogens is 1. The summed E-state index contributed by atoms with van der Waals surface area (Å²) in [5, 5.41) is 3.11. The van der Waals surface area contributed by atoms with E-state index in [1.54, 1.807) is 55.6 Å². The Balaban J connectivity index is 1.85. The number of ether oxygens (including phenoxy) is 1. The van der Waals surface area contributed by atoms with E-state index in [0.717, 1.165) is 0 Å². The molecule has 0 aliphatic heterocycles. The third-order valence-electron chi connectivity index (χ3n) is 6.43. The Labute approximate surface area is 243 Å². The standard InChI is InChI=1S/C30H39ClN4O4/c1-7-39-26-14-13-21(31)19-23(26)25(36)15-17-30(2,3)20-27(37)32-28-24(16-18-33(4)5)34(6)35(29(28)38)22-11-9-8-10-12-22/h8-14,19H,7,15-18,20H2,1-6H3,(H,32,37)/i4D3,5D3. The Hall–Kier alpha value is -3.36. The molecule has 0 aliphatic carbocycles. The lowest BCUT2D eigenvalue weighted by atomic mass is 9.82. The van der Waals surface area contributed by atoms with E-state index in [2.05, 4.69) is 5.32 Å². The molecule has 0 aliphatic rings. The fourth-order valence-corrected chi connectivity index (χ4v) is 4.60. The molecule has 0 bridgehead atoms. The number of anilines is 1. The monoisotopic (exact) mass is 560 g/mol. The van der Waals surface area contributed by atoms with Crippen LogP contribution in [0.5, 0.6) is 5.75 Å². The predicted molar refractivity (Wildman–Crippen MR) is 156 cm³/mol. The van der Waals surface area contributed by atoms with Crippen molar-refractivity contribution in [1.82, 2.24) is 14.3 Å². The number of nitrogens with zero attached hydrogens (tertiary/aromatic N) is 3. The second-order valence-electron chi connectivity index (χ2n) is 10.1. The number of aromatic nitrogens is 2. The number of carbonyl (C=O) groups excluding carboxylic acids is 2. The smallest absolute Gasteiger partial charge is 0.295 e. The number of Topliss-reactive ketones (excluding diaryl/α,β-unsaturated/α-hetero) is 1. The zero-order valence-corrected chi connectivity index (χ0v) is 23.5. The molecule has 1 heterocycles. The lowest BCUT2D eigenvalue weighted by Gasteiger charge is -2.23. The number of nitrogens with one attached hydrogen (secondary N) is 1. The summed E-state index contributed by atoms with van der Waals surface area (Å²) >= 11 is 6.11. The molecular formula is C30H39ClN4O4. The highest BCUT2D eigenvalue weighted by molar-refractivity contribution is 6.31. The highest BCUT2D eigenvalue weighted by Gasteiger charge is 2.27. The summed E-state index contributed by atoms with van der Waals surface area (Å²) < 4.78 is 54.6. The van der Waals surface area contributed by atoms with Crippen LogP contribution in [0.15, 0.2) is 53.3 Å². The first-order valence-corrected chi connectivity index (χ1v) is 13.1. The zero-order chi connectivity index (χ0) is 33.7. The predicted octanol–water partition coefficient (Wildman–Crippen LogP) is 5.35. The van der Waals surface area contributed by atoms with Gasteiger partial charge in [0.25, 0.3) is 5.56 Å². The van der Waals surface area contributed by atoms with Crippen LogP contribution in [0, 0.1) is 5.41 Å². The third-order valence-corrected chi connectivity index (χ3v) is 6.67. The molecule has 1 amide bonds. The second-order valence-corrected chi connectivity index (χ2v) is 10.5. The highest BCUT2D eigenvalue weighted by Crippen LogP contribution is 2.31. The Morgan fingerprint density at radius 2 is 1.87 bits per heavy atom. The zero-order valence-electron chi connectivity index (χ0n) is 28.7. The van der Waals surface area contributed by atoms with Gasteiger partial charge in [0.1, 0.15) is 11.4 Å². The second kappa shape index (κ2) is 13.1. The topological polar surface area (TPSA) is 85.6 Å². The quantitative estimate of drug-likeness (QED) is 0.285. The van der Waals surface area contributed by atoms with Gasteiger partial charge in [-0.05, 0) is 63.0 Å². The van der Waals surface area contributed by atoms with Gasteiger partial charge in [0, 0.05) is 46.1 Å². The van der Waals surface area contributed by atoms with Crippen molar-refractivity contribution in [3.8, 4) is 11.4 Å². The van der Waals surface area contributed by atoms with Gasteiger partial charge in [0.05, 0.1) is 23.6 Å². The maximum atomic E-state index is 13.7. The van der Waals surface area contributed by atoms with E-state index in [1.807, 2.05) is 20.8 Å². The molecule has 9 heteroatoms. The van der Waals surface area contributed by atoms with E-state index in [0.29, 0.717) is 40.0 Å². The van der Waals surface area contributed by atoms with Crippen LogP contribution in [-0.2, 0) is 18.3 Å². The van der Waals surface area contributed by atoms with Crippen LogP contribution in [0.2, 0.25) is 5.02 Å². The van der Waals surface area contributed by atoms with Gasteiger partial charge in [-0.1, -0.05) is 43.6 Å². The van der Waals surface area contributed by atoms with E-state index in [9.17, 15) is 14.4 Å². The molecule has 3 rings (SSSR count). The molecule has 1 N–H and O–H groups in total. The number of hydrogen-bond donors (Lipinski definition) is 1. The van der Waals surface area contributed by atoms with Crippen molar-refractivity contribution >= 4 is 29.0 Å². The maximum Gasteiger partial charge on any atom is 0.295 e. The van der Waals surface area contributed by atoms with Crippen molar-refractivity contribution in [2.24, 2.45) is 12.5 Å². The van der Waals surface area contributed by atoms with Crippen LogP contribution >= 0.6 is 11.6 Å². The van der Waals surface area contributed by atoms with E-state index >= 15 is 0 Å². The molecule has 0 saturated heterocycles. The summed E-state index contributed by atoms with van der Waals surface area (Å²) in [4.78, 5) is 40.5. The molecule has 0 saturated carbocycles. The number of hydrogen-bond acceptors (Lipinski definition) is 5. The summed E-state index contributed by atoms with van der Waals surface area (Å²) in [5.74, 6) is -0.235. The van der Waals surface area contributed by atoms with Crippen LogP contribution < -0.4 is 15.6 Å². The molecule has 210 valence electrons. The Kier molecular flexibility index (Phi) is 7.56. The molecule has 3 aromatic rings. The summed E-state index contributed by atoms with van der Waals surface area (Å²) in [5.41, 5.74) is -0.164. The number of likely N-dealkylation sites (N-methyl/N-ethyl adjacent to an activating group) is 1. The Bertz CT molecular complexity index is 1550. The fraction of sp³-hybridized carbons (Fsp3) is 0.433. The summed E-state index contributed by atoms with van der Waals surface area (Å²) in [7, 11) is 1.58. The van der Waals surface area contributed by atoms with E-state index in [4.69, 9.17) is 24.6 Å². The molecule has 1 aromatic heterocycles. The van der Waals surface area contributed by atoms with Crippen molar-refractivity contribution < 1.29 is 22.6 Å². The number of benzene rings is 2. The van der Waals surface area contributed by atoms with Gasteiger partial charge in [-0.2, -0.15) is 0 Å². The molecule has 8 nitrogen and oxygen atoms in total. The van der Waals surface area contributed by atoms with Gasteiger partial charge in [-0.3, -0.25) is 19.1 Å². The van der Waals surface area contributed by atoms with Crippen molar-refractivity contribution in [1.29, 1.82) is 0 Å². The SMILES string of the molecule is [2H]C([2H])([2H])N(CCc1c(NC(=O)CC(C)(C)CCC(=O)c2cc(Cl)ccc2OCC)c(=O)n(-c2ccccc2)n1C)C([2H])([2H])[2H]. The summed E-state index contributed by atoms with van der Waals surface area (Å²) in [6, 6.07) is 13.5. The minimum absolute atomic E-state index is 0.0378. The molecule has 0 fully saturated rings. The molecule has 0 atom stereocenters. The first kappa shape index (κ1) is 22.5. The van der Waals surface area contributed by atoms with Gasteiger partial charge in [-0.15, -0.1) is 0 Å². The summed E-state index contributed by atoms with van der Waals surface area (Å²) in [6.07, 6.45) is 0.277. The Morgan fingerprint density at radius 3 is 2.54 bits per heavy atom. The van der Waals surface area contributed by atoms with E-state index < -0.39 is 37.4 Å². The number of rotatable bonds is 13. The van der Waals surface area contributed by atoms with Crippen LogP contribution in [0.1, 0.15) is 64.3 Å². The Morgan fingerprint density at radius 1 is 1.15 bits per heavy atom. The van der Waals surface area contributed by atoms with Crippen LogP contribution in [-0.4, -0.2) is 53.1 Å². The fourth-order valence-electron chi connectivity index (χ4n) is 4.43. The minimum atomic E-state index is -2.91. The highest BCUT2D eigenvalue weighted by atomic mass is 35.5. The first-order valence-electron chi connectivity index (χ1n) is 15.7. The average Bonchev–Trinajstić information content (AvgIpc) is 3.15. The molecule has 0 radical (unpaired) electrons. The molecular weight excluding hydrogens is 516 g/mol. The number of carbonyl (C=O) groups is 2. The lowest BCUT2D eigenvalue weighted by Crippen LogP contribution is -2.26. The van der Waals surface area contributed by atoms with Gasteiger partial charge < -0.3 is 15.0 Å². The van der Waals surface area contributed by atoms with Gasteiger partial charge in [-0.25, -0.2) is 4.68 Å². The van der Waals surface area contributed by atoms with Crippen molar-refractivity contribution in [2.75, 3.05) is 32.4 Å². The normalized spacial score (nSPS) is 14.5. The van der Waals surface area contributed by atoms with Crippen LogP contribution in [0.25, 0.3) is 5.69 Å². The maximum absolute atomic E-state index is 13.7. The largest absolute Gasteiger partial charge is 0.493 e.